The molecule has 7 nitrogen and oxygen atoms in total. The Labute approximate surface area is 173 Å². The van der Waals surface area contributed by atoms with Gasteiger partial charge in [0.2, 0.25) is 0 Å². The molecule has 26 heavy (non-hydrogen) atoms. The van der Waals surface area contributed by atoms with E-state index >= 15 is 0 Å². The minimum absolute atomic E-state index is 0. The largest absolute Gasteiger partial charge is 0.493 e. The summed E-state index contributed by atoms with van der Waals surface area (Å²) in [5.74, 6) is 2.12. The van der Waals surface area contributed by atoms with Crippen LogP contribution in [0.4, 0.5) is 0 Å². The van der Waals surface area contributed by atoms with E-state index in [0.29, 0.717) is 30.4 Å². The first-order chi connectivity index (χ1) is 11.7. The van der Waals surface area contributed by atoms with Crippen molar-refractivity contribution < 1.29 is 17.9 Å². The lowest BCUT2D eigenvalue weighted by molar-refractivity contribution is 0.213. The Balaban J connectivity index is 0.00000625. The summed E-state index contributed by atoms with van der Waals surface area (Å²) >= 11 is 0. The standard InChI is InChI=1S/C17H29N3O4S.HI/c1-13(10-11-25(5,21)22)20-17(18-3)19-12-14(2)24-16-9-7-6-8-15(16)23-4;/h6-9,13-14H,10-12H2,1-5H3,(H2,18,19,20);1H. The number of guanidine groups is 1. The summed E-state index contributed by atoms with van der Waals surface area (Å²) in [6.45, 7) is 4.41. The predicted molar refractivity (Wildman–Crippen MR) is 117 cm³/mol. The molecular formula is C17H30IN3O4S. The molecule has 0 radical (unpaired) electrons. The molecule has 0 heterocycles. The van der Waals surface area contributed by atoms with Gasteiger partial charge in [-0.25, -0.2) is 8.42 Å². The van der Waals surface area contributed by atoms with E-state index in [1.807, 2.05) is 38.1 Å². The van der Waals surface area contributed by atoms with Crippen molar-refractivity contribution in [3.05, 3.63) is 24.3 Å². The zero-order chi connectivity index (χ0) is 18.9. The lowest BCUT2D eigenvalue weighted by Gasteiger charge is -2.21. The van der Waals surface area contributed by atoms with Crippen molar-refractivity contribution in [3.8, 4) is 11.5 Å². The number of rotatable bonds is 9. The molecule has 0 saturated carbocycles. The number of aliphatic imine (C=N–C) groups is 1. The molecule has 1 rings (SSSR count). The summed E-state index contributed by atoms with van der Waals surface area (Å²) in [7, 11) is 0.316. The summed E-state index contributed by atoms with van der Waals surface area (Å²) in [5.41, 5.74) is 0. The van der Waals surface area contributed by atoms with Crippen LogP contribution in [0.15, 0.2) is 29.3 Å². The van der Waals surface area contributed by atoms with Crippen LogP contribution in [-0.4, -0.2) is 59.2 Å². The maximum atomic E-state index is 11.2. The number of sulfone groups is 1. The third-order valence-corrected chi connectivity index (χ3v) is 4.46. The number of hydrogen-bond donors (Lipinski definition) is 2. The fraction of sp³-hybridized carbons (Fsp3) is 0.588. The molecule has 0 fully saturated rings. The van der Waals surface area contributed by atoms with Crippen LogP contribution in [0.2, 0.25) is 0 Å². The van der Waals surface area contributed by atoms with Crippen molar-refractivity contribution in [3.63, 3.8) is 0 Å². The predicted octanol–water partition coefficient (Wildman–Crippen LogP) is 2.07. The van der Waals surface area contributed by atoms with E-state index in [0.717, 1.165) is 0 Å². The van der Waals surface area contributed by atoms with Crippen LogP contribution in [0.1, 0.15) is 20.3 Å². The molecule has 0 aliphatic carbocycles. The number of benzene rings is 1. The molecule has 0 aliphatic rings. The van der Waals surface area contributed by atoms with Gasteiger partial charge in [0.15, 0.2) is 17.5 Å². The quantitative estimate of drug-likeness (QED) is 0.307. The molecule has 2 atom stereocenters. The molecule has 150 valence electrons. The molecule has 0 spiro atoms. The monoisotopic (exact) mass is 499 g/mol. The Bertz CT molecular complexity index is 668. The topological polar surface area (TPSA) is 89.0 Å². The van der Waals surface area contributed by atoms with Gasteiger partial charge in [-0.3, -0.25) is 4.99 Å². The SMILES string of the molecule is CN=C(NCC(C)Oc1ccccc1OC)NC(C)CCS(C)(=O)=O.I. The molecular weight excluding hydrogens is 469 g/mol. The number of hydrogen-bond acceptors (Lipinski definition) is 5. The number of ether oxygens (including phenoxy) is 2. The lowest BCUT2D eigenvalue weighted by Crippen LogP contribution is -2.45. The van der Waals surface area contributed by atoms with E-state index in [4.69, 9.17) is 9.47 Å². The zero-order valence-electron chi connectivity index (χ0n) is 16.0. The van der Waals surface area contributed by atoms with E-state index in [9.17, 15) is 8.42 Å². The Morgan fingerprint density at radius 1 is 1.23 bits per heavy atom. The highest BCUT2D eigenvalue weighted by Crippen LogP contribution is 2.26. The van der Waals surface area contributed by atoms with E-state index in [1.54, 1.807) is 14.2 Å². The third-order valence-electron chi connectivity index (χ3n) is 3.48. The maximum Gasteiger partial charge on any atom is 0.191 e. The normalized spacial score (nSPS) is 14.0. The van der Waals surface area contributed by atoms with Crippen molar-refractivity contribution in [2.75, 3.05) is 32.7 Å². The van der Waals surface area contributed by atoms with Gasteiger partial charge in [0, 0.05) is 19.3 Å². The van der Waals surface area contributed by atoms with Crippen molar-refractivity contribution in [2.45, 2.75) is 32.4 Å². The molecule has 1 aromatic rings. The van der Waals surface area contributed by atoms with E-state index in [1.165, 1.54) is 6.26 Å². The van der Waals surface area contributed by atoms with Gasteiger partial charge in [0.05, 0.1) is 19.4 Å². The summed E-state index contributed by atoms with van der Waals surface area (Å²) in [6.07, 6.45) is 1.65. The van der Waals surface area contributed by atoms with Gasteiger partial charge in [0.25, 0.3) is 0 Å². The second kappa shape index (κ2) is 12.2. The van der Waals surface area contributed by atoms with Crippen LogP contribution in [0.25, 0.3) is 0 Å². The highest BCUT2D eigenvalue weighted by molar-refractivity contribution is 14.0. The van der Waals surface area contributed by atoms with Crippen LogP contribution >= 0.6 is 24.0 Å². The van der Waals surface area contributed by atoms with Crippen LogP contribution in [0.5, 0.6) is 11.5 Å². The van der Waals surface area contributed by atoms with Crippen LogP contribution in [0, 0.1) is 0 Å². The van der Waals surface area contributed by atoms with Gasteiger partial charge >= 0.3 is 0 Å². The van der Waals surface area contributed by atoms with Gasteiger partial charge < -0.3 is 20.1 Å². The molecule has 0 saturated heterocycles. The summed E-state index contributed by atoms with van der Waals surface area (Å²) < 4.78 is 33.6. The van der Waals surface area contributed by atoms with E-state index in [2.05, 4.69) is 15.6 Å². The van der Waals surface area contributed by atoms with Gasteiger partial charge in [-0.15, -0.1) is 24.0 Å². The molecule has 0 amide bonds. The van der Waals surface area contributed by atoms with E-state index < -0.39 is 9.84 Å². The first-order valence-electron chi connectivity index (χ1n) is 8.19. The average Bonchev–Trinajstić information content (AvgIpc) is 2.56. The zero-order valence-corrected chi connectivity index (χ0v) is 19.1. The van der Waals surface area contributed by atoms with Crippen molar-refractivity contribution in [1.82, 2.24) is 10.6 Å². The molecule has 9 heteroatoms. The molecule has 1 aromatic carbocycles. The molecule has 0 aliphatic heterocycles. The fourth-order valence-electron chi connectivity index (χ4n) is 2.11. The van der Waals surface area contributed by atoms with Gasteiger partial charge in [-0.2, -0.15) is 0 Å². The van der Waals surface area contributed by atoms with E-state index in [-0.39, 0.29) is 41.9 Å². The van der Waals surface area contributed by atoms with Crippen molar-refractivity contribution in [1.29, 1.82) is 0 Å². The van der Waals surface area contributed by atoms with Gasteiger partial charge in [0.1, 0.15) is 15.9 Å². The average molecular weight is 499 g/mol. The highest BCUT2D eigenvalue weighted by Gasteiger charge is 2.12. The fourth-order valence-corrected chi connectivity index (χ4v) is 2.89. The first kappa shape index (κ1) is 24.8. The Morgan fingerprint density at radius 2 is 1.85 bits per heavy atom. The minimum Gasteiger partial charge on any atom is -0.493 e. The number of nitrogens with zero attached hydrogens (tertiary/aromatic N) is 1. The molecule has 2 N–H and O–H groups in total. The summed E-state index contributed by atoms with van der Waals surface area (Å²) in [6, 6.07) is 7.47. The van der Waals surface area contributed by atoms with Crippen LogP contribution in [-0.2, 0) is 9.84 Å². The maximum absolute atomic E-state index is 11.2. The van der Waals surface area contributed by atoms with Crippen molar-refractivity contribution in [2.24, 2.45) is 4.99 Å². The second-order valence-corrected chi connectivity index (χ2v) is 8.26. The lowest BCUT2D eigenvalue weighted by atomic mass is 10.3. The Kier molecular flexibility index (Phi) is 11.6. The highest BCUT2D eigenvalue weighted by atomic mass is 127. The molecule has 0 aromatic heterocycles. The summed E-state index contributed by atoms with van der Waals surface area (Å²) in [5, 5.41) is 6.35. The molecule has 2 unspecified atom stereocenters. The number of nitrogens with one attached hydrogen (secondary N) is 2. The minimum atomic E-state index is -2.96. The van der Waals surface area contributed by atoms with Crippen LogP contribution in [0.3, 0.4) is 0 Å². The van der Waals surface area contributed by atoms with Gasteiger partial charge in [-0.1, -0.05) is 12.1 Å². The number of halogens is 1. The third kappa shape index (κ3) is 10.0. The molecule has 0 bridgehead atoms. The smallest absolute Gasteiger partial charge is 0.191 e. The Hall–Kier alpha value is -1.23. The summed E-state index contributed by atoms with van der Waals surface area (Å²) in [4.78, 5) is 4.15. The Morgan fingerprint density at radius 3 is 2.38 bits per heavy atom. The first-order valence-corrected chi connectivity index (χ1v) is 10.3. The second-order valence-electron chi connectivity index (χ2n) is 6.00. The number of para-hydroxylation sites is 2. The number of methoxy groups -OCH3 is 1. The van der Waals surface area contributed by atoms with Crippen molar-refractivity contribution >= 4 is 39.8 Å². The van der Waals surface area contributed by atoms with Gasteiger partial charge in [-0.05, 0) is 32.4 Å². The van der Waals surface area contributed by atoms with Crippen LogP contribution < -0.4 is 20.1 Å².